The maximum atomic E-state index is 11.2. The van der Waals surface area contributed by atoms with Crippen molar-refractivity contribution < 1.29 is 19.4 Å². The predicted molar refractivity (Wildman–Crippen MR) is 132 cm³/mol. The lowest BCUT2D eigenvalue weighted by molar-refractivity contribution is -0.147. The largest absolute Gasteiger partial charge is 0.481 e. The van der Waals surface area contributed by atoms with E-state index in [2.05, 4.69) is 26.0 Å². The fourth-order valence-corrected chi connectivity index (χ4v) is 4.24. The van der Waals surface area contributed by atoms with Gasteiger partial charge in [0.2, 0.25) is 0 Å². The number of hydrogen-bond donors (Lipinski definition) is 1. The van der Waals surface area contributed by atoms with Gasteiger partial charge < -0.3 is 9.84 Å². The summed E-state index contributed by atoms with van der Waals surface area (Å²) in [6, 6.07) is 4.75. The van der Waals surface area contributed by atoms with Crippen molar-refractivity contribution in [2.24, 2.45) is 5.41 Å². The van der Waals surface area contributed by atoms with E-state index in [-0.39, 0.29) is 5.60 Å². The molecular formula is C28H46O4. The van der Waals surface area contributed by atoms with E-state index in [9.17, 15) is 14.7 Å². The SMILES string of the molecule is Cc1cc(C)c(CCCCCCC(C)(C)C(=O)O)cc1CCCCCCC(C)(C)OC=O. The Labute approximate surface area is 196 Å². The number of carboxylic acid groups (broad SMARTS) is 1. The third-order valence-corrected chi connectivity index (χ3v) is 6.71. The first-order chi connectivity index (χ1) is 15.0. The average Bonchev–Trinajstić information content (AvgIpc) is 2.69. The van der Waals surface area contributed by atoms with Crippen LogP contribution in [0.5, 0.6) is 0 Å². The van der Waals surface area contributed by atoms with Crippen molar-refractivity contribution in [3.05, 3.63) is 34.4 Å². The minimum atomic E-state index is -0.698. The van der Waals surface area contributed by atoms with Crippen LogP contribution in [-0.2, 0) is 27.2 Å². The number of carbonyl (C=O) groups is 2. The summed E-state index contributed by atoms with van der Waals surface area (Å²) >= 11 is 0. The molecule has 0 spiro atoms. The van der Waals surface area contributed by atoms with Gasteiger partial charge in [-0.3, -0.25) is 9.59 Å². The summed E-state index contributed by atoms with van der Waals surface area (Å²) in [6.45, 7) is 12.5. The molecule has 4 nitrogen and oxygen atoms in total. The minimum absolute atomic E-state index is 0.351. The van der Waals surface area contributed by atoms with Crippen LogP contribution >= 0.6 is 0 Å². The van der Waals surface area contributed by atoms with Crippen LogP contribution in [0.4, 0.5) is 0 Å². The van der Waals surface area contributed by atoms with Crippen LogP contribution in [0.1, 0.15) is 114 Å². The van der Waals surface area contributed by atoms with Crippen molar-refractivity contribution in [2.75, 3.05) is 0 Å². The zero-order valence-corrected chi connectivity index (χ0v) is 21.4. The highest BCUT2D eigenvalue weighted by molar-refractivity contribution is 5.73. The van der Waals surface area contributed by atoms with Gasteiger partial charge in [-0.2, -0.15) is 0 Å². The Kier molecular flexibility index (Phi) is 12.0. The number of aryl methyl sites for hydroxylation is 4. The molecule has 0 fully saturated rings. The molecule has 0 saturated heterocycles. The Morgan fingerprint density at radius 3 is 1.75 bits per heavy atom. The van der Waals surface area contributed by atoms with Crippen molar-refractivity contribution in [3.63, 3.8) is 0 Å². The summed E-state index contributed by atoms with van der Waals surface area (Å²) in [5.41, 5.74) is 4.75. The summed E-state index contributed by atoms with van der Waals surface area (Å²) in [6.07, 6.45) is 12.9. The maximum Gasteiger partial charge on any atom is 0.309 e. The van der Waals surface area contributed by atoms with Crippen LogP contribution in [0, 0.1) is 19.3 Å². The number of rotatable bonds is 17. The van der Waals surface area contributed by atoms with Gasteiger partial charge in [-0.05, 0) is 109 Å². The Morgan fingerprint density at radius 2 is 1.28 bits per heavy atom. The zero-order chi connectivity index (χ0) is 24.2. The number of ether oxygens (including phenoxy) is 1. The second kappa shape index (κ2) is 13.6. The first kappa shape index (κ1) is 28.2. The molecule has 0 atom stereocenters. The van der Waals surface area contributed by atoms with Gasteiger partial charge >= 0.3 is 5.97 Å². The van der Waals surface area contributed by atoms with Gasteiger partial charge in [0, 0.05) is 0 Å². The van der Waals surface area contributed by atoms with E-state index in [1.165, 1.54) is 41.5 Å². The Balaban J connectivity index is 2.37. The zero-order valence-electron chi connectivity index (χ0n) is 21.4. The van der Waals surface area contributed by atoms with E-state index < -0.39 is 11.4 Å². The van der Waals surface area contributed by atoms with Gasteiger partial charge in [0.15, 0.2) is 0 Å². The van der Waals surface area contributed by atoms with Gasteiger partial charge in [0.05, 0.1) is 5.41 Å². The molecule has 0 radical (unpaired) electrons. The van der Waals surface area contributed by atoms with Crippen LogP contribution in [0.25, 0.3) is 0 Å². The number of hydrogen-bond acceptors (Lipinski definition) is 3. The number of carboxylic acids is 1. The summed E-state index contributed by atoms with van der Waals surface area (Å²) in [5.74, 6) is -0.698. The Bertz CT molecular complexity index is 718. The van der Waals surface area contributed by atoms with Crippen molar-refractivity contribution in [2.45, 2.75) is 124 Å². The Morgan fingerprint density at radius 1 is 0.812 bits per heavy atom. The number of carbonyl (C=O) groups excluding carboxylic acids is 1. The highest BCUT2D eigenvalue weighted by Crippen LogP contribution is 2.25. The first-order valence-electron chi connectivity index (χ1n) is 12.4. The number of aliphatic carboxylic acids is 1. The van der Waals surface area contributed by atoms with E-state index in [4.69, 9.17) is 4.74 Å². The predicted octanol–water partition coefficient (Wildman–Crippen LogP) is 7.35. The lowest BCUT2D eigenvalue weighted by Gasteiger charge is -2.22. The number of benzene rings is 1. The van der Waals surface area contributed by atoms with Gasteiger partial charge in [-0.25, -0.2) is 0 Å². The topological polar surface area (TPSA) is 63.6 Å². The van der Waals surface area contributed by atoms with Gasteiger partial charge in [0.1, 0.15) is 5.60 Å². The molecule has 1 aromatic carbocycles. The molecular weight excluding hydrogens is 400 g/mol. The molecule has 182 valence electrons. The van der Waals surface area contributed by atoms with Crippen molar-refractivity contribution in [1.29, 1.82) is 0 Å². The third kappa shape index (κ3) is 10.7. The normalized spacial score (nSPS) is 12.1. The van der Waals surface area contributed by atoms with Crippen LogP contribution < -0.4 is 0 Å². The third-order valence-electron chi connectivity index (χ3n) is 6.71. The standard InChI is InChI=1S/C28H46O4/c1-22-19-23(2)25(16-12-8-10-14-18-28(5,6)32-21-29)20-24(22)15-11-7-9-13-17-27(3,4)26(30)31/h19-21H,7-18H2,1-6H3,(H,30,31). The van der Waals surface area contributed by atoms with Crippen LogP contribution in [0.2, 0.25) is 0 Å². The fourth-order valence-electron chi connectivity index (χ4n) is 4.24. The molecule has 0 bridgehead atoms. The fraction of sp³-hybridized carbons (Fsp3) is 0.714. The Hall–Kier alpha value is -1.84. The molecule has 0 aliphatic rings. The highest BCUT2D eigenvalue weighted by Gasteiger charge is 2.25. The molecule has 0 unspecified atom stereocenters. The summed E-state index contributed by atoms with van der Waals surface area (Å²) < 4.78 is 5.12. The van der Waals surface area contributed by atoms with E-state index in [0.29, 0.717) is 6.47 Å². The molecule has 0 aliphatic carbocycles. The second-order valence-corrected chi connectivity index (χ2v) is 10.7. The average molecular weight is 447 g/mol. The van der Waals surface area contributed by atoms with E-state index in [0.717, 1.165) is 57.8 Å². The monoisotopic (exact) mass is 446 g/mol. The van der Waals surface area contributed by atoms with Crippen molar-refractivity contribution in [3.8, 4) is 0 Å². The van der Waals surface area contributed by atoms with E-state index in [1.54, 1.807) is 0 Å². The van der Waals surface area contributed by atoms with Crippen molar-refractivity contribution in [1.82, 2.24) is 0 Å². The quantitative estimate of drug-likeness (QED) is 0.201. The van der Waals surface area contributed by atoms with E-state index in [1.807, 2.05) is 27.7 Å². The van der Waals surface area contributed by atoms with Crippen LogP contribution in [0.15, 0.2) is 12.1 Å². The van der Waals surface area contributed by atoms with Gasteiger partial charge in [0.25, 0.3) is 6.47 Å². The highest BCUT2D eigenvalue weighted by atomic mass is 16.5. The summed E-state index contributed by atoms with van der Waals surface area (Å²) in [7, 11) is 0. The van der Waals surface area contributed by atoms with Crippen molar-refractivity contribution >= 4 is 12.4 Å². The molecule has 0 heterocycles. The van der Waals surface area contributed by atoms with Gasteiger partial charge in [-0.15, -0.1) is 0 Å². The lowest BCUT2D eigenvalue weighted by atomic mass is 9.87. The first-order valence-corrected chi connectivity index (χ1v) is 12.4. The molecule has 1 N–H and O–H groups in total. The summed E-state index contributed by atoms with van der Waals surface area (Å²) in [4.78, 5) is 21.7. The molecule has 0 aromatic heterocycles. The lowest BCUT2D eigenvalue weighted by Crippen LogP contribution is -2.23. The molecule has 0 saturated carbocycles. The number of unbranched alkanes of at least 4 members (excludes halogenated alkanes) is 6. The minimum Gasteiger partial charge on any atom is -0.481 e. The van der Waals surface area contributed by atoms with Gasteiger partial charge in [-0.1, -0.05) is 44.2 Å². The maximum absolute atomic E-state index is 11.2. The molecule has 0 amide bonds. The molecule has 4 heteroatoms. The smallest absolute Gasteiger partial charge is 0.309 e. The molecule has 1 aromatic rings. The van der Waals surface area contributed by atoms with Crippen LogP contribution in [-0.4, -0.2) is 23.1 Å². The van der Waals surface area contributed by atoms with E-state index >= 15 is 0 Å². The molecule has 0 aliphatic heterocycles. The summed E-state index contributed by atoms with van der Waals surface area (Å²) in [5, 5.41) is 9.21. The van der Waals surface area contributed by atoms with Crippen LogP contribution in [0.3, 0.4) is 0 Å². The molecule has 1 rings (SSSR count). The molecule has 32 heavy (non-hydrogen) atoms. The second-order valence-electron chi connectivity index (χ2n) is 10.7.